The van der Waals surface area contributed by atoms with Crippen LogP contribution in [0, 0.1) is 0 Å². The number of fused-ring (bicyclic) bond motifs is 1. The van der Waals surface area contributed by atoms with Crippen LogP contribution in [-0.4, -0.2) is 19.4 Å². The quantitative estimate of drug-likeness (QED) is 0.407. The maximum atomic E-state index is 6.23. The van der Waals surface area contributed by atoms with Gasteiger partial charge in [-0.1, -0.05) is 70.9 Å². The number of aliphatic imine (C=N–C) groups is 1. The number of nitrogens with zero attached hydrogens (tertiary/aromatic N) is 1. The predicted molar refractivity (Wildman–Crippen MR) is 129 cm³/mol. The van der Waals surface area contributed by atoms with E-state index in [1.165, 1.54) is 33.3 Å². The molecule has 0 saturated heterocycles. The normalized spacial score (nSPS) is 16.6. The van der Waals surface area contributed by atoms with Gasteiger partial charge in [-0.2, -0.15) is 0 Å². The number of halogens is 1. The van der Waals surface area contributed by atoms with Crippen molar-refractivity contribution in [2.24, 2.45) is 4.99 Å². The molecule has 0 N–H and O–H groups in total. The lowest BCUT2D eigenvalue weighted by atomic mass is 9.59. The van der Waals surface area contributed by atoms with Gasteiger partial charge in [-0.25, -0.2) is 0 Å². The molecule has 3 nitrogen and oxygen atoms in total. The van der Waals surface area contributed by atoms with E-state index in [2.05, 4.69) is 64.5 Å². The van der Waals surface area contributed by atoms with Gasteiger partial charge in [0.1, 0.15) is 6.61 Å². The predicted octanol–water partition coefficient (Wildman–Crippen LogP) is 6.50. The first-order chi connectivity index (χ1) is 15.2. The Labute approximate surface area is 192 Å². The van der Waals surface area contributed by atoms with Gasteiger partial charge in [0.25, 0.3) is 0 Å². The molecule has 3 aromatic rings. The Kier molecular flexibility index (Phi) is 5.58. The Morgan fingerprint density at radius 3 is 2.45 bits per heavy atom. The Balaban J connectivity index is 1.54. The molecule has 1 saturated carbocycles. The summed E-state index contributed by atoms with van der Waals surface area (Å²) in [5.74, 6) is 1.57. The van der Waals surface area contributed by atoms with E-state index in [1.54, 1.807) is 7.11 Å². The van der Waals surface area contributed by atoms with Crippen LogP contribution in [0.15, 0.2) is 76.2 Å². The van der Waals surface area contributed by atoms with Gasteiger partial charge in [-0.3, -0.25) is 4.99 Å². The van der Waals surface area contributed by atoms with Gasteiger partial charge in [-0.05, 0) is 54.2 Å². The highest BCUT2D eigenvalue weighted by Crippen LogP contribution is 2.50. The molecule has 158 valence electrons. The standard InChI is InChI=1S/C27H26BrNO2/c1-30-24-16-20-12-15-29-26(27(13-7-14-27)22-10-5-6-11-23(22)28)21(20)17-25(24)31-18-19-8-3-2-4-9-19/h2-6,8-11,16-17H,7,12-15,18H2,1H3. The molecule has 0 spiro atoms. The molecule has 3 aromatic carbocycles. The number of rotatable bonds is 6. The molecule has 5 rings (SSSR count). The fraction of sp³-hybridized carbons (Fsp3) is 0.296. The van der Waals surface area contributed by atoms with Crippen molar-refractivity contribution in [3.05, 3.63) is 93.5 Å². The van der Waals surface area contributed by atoms with E-state index in [1.807, 2.05) is 18.2 Å². The smallest absolute Gasteiger partial charge is 0.162 e. The minimum absolute atomic E-state index is 0.0272. The van der Waals surface area contributed by atoms with Crippen LogP contribution in [0.25, 0.3) is 0 Å². The zero-order chi connectivity index (χ0) is 21.3. The monoisotopic (exact) mass is 475 g/mol. The molecule has 0 bridgehead atoms. The number of benzene rings is 3. The molecule has 1 fully saturated rings. The molecule has 1 aliphatic carbocycles. The molecule has 31 heavy (non-hydrogen) atoms. The third kappa shape index (κ3) is 3.67. The van der Waals surface area contributed by atoms with Crippen LogP contribution in [0.1, 0.15) is 41.5 Å². The van der Waals surface area contributed by atoms with Crippen molar-refractivity contribution in [2.75, 3.05) is 13.7 Å². The molecular weight excluding hydrogens is 450 g/mol. The van der Waals surface area contributed by atoms with Gasteiger partial charge in [0.15, 0.2) is 11.5 Å². The van der Waals surface area contributed by atoms with Crippen molar-refractivity contribution in [3.63, 3.8) is 0 Å². The first-order valence-electron chi connectivity index (χ1n) is 10.9. The van der Waals surface area contributed by atoms with E-state index in [-0.39, 0.29) is 5.41 Å². The van der Waals surface area contributed by atoms with E-state index >= 15 is 0 Å². The van der Waals surface area contributed by atoms with E-state index in [9.17, 15) is 0 Å². The Morgan fingerprint density at radius 1 is 0.968 bits per heavy atom. The van der Waals surface area contributed by atoms with E-state index < -0.39 is 0 Å². The molecule has 2 aliphatic rings. The molecule has 1 heterocycles. The van der Waals surface area contributed by atoms with Crippen molar-refractivity contribution in [1.82, 2.24) is 0 Å². The van der Waals surface area contributed by atoms with E-state index in [0.717, 1.165) is 42.9 Å². The maximum absolute atomic E-state index is 6.23. The lowest BCUT2D eigenvalue weighted by Gasteiger charge is -2.45. The van der Waals surface area contributed by atoms with E-state index in [4.69, 9.17) is 14.5 Å². The molecule has 0 unspecified atom stereocenters. The summed E-state index contributed by atoms with van der Waals surface area (Å²) in [6.45, 7) is 1.33. The number of hydrogen-bond donors (Lipinski definition) is 0. The third-order valence-electron chi connectivity index (χ3n) is 6.58. The Hall–Kier alpha value is -2.59. The second-order valence-electron chi connectivity index (χ2n) is 8.33. The average Bonchev–Trinajstić information content (AvgIpc) is 2.78. The second kappa shape index (κ2) is 8.51. The summed E-state index contributed by atoms with van der Waals surface area (Å²) in [5, 5.41) is 0. The summed E-state index contributed by atoms with van der Waals surface area (Å²) in [4.78, 5) is 5.10. The Morgan fingerprint density at radius 2 is 1.74 bits per heavy atom. The van der Waals surface area contributed by atoms with Crippen LogP contribution < -0.4 is 9.47 Å². The summed E-state index contributed by atoms with van der Waals surface area (Å²) in [6, 6.07) is 23.1. The minimum Gasteiger partial charge on any atom is -0.493 e. The van der Waals surface area contributed by atoms with Crippen molar-refractivity contribution in [3.8, 4) is 11.5 Å². The molecule has 0 atom stereocenters. The lowest BCUT2D eigenvalue weighted by molar-refractivity contribution is 0.284. The Bertz CT molecular complexity index is 1120. The molecule has 0 radical (unpaired) electrons. The SMILES string of the molecule is COc1cc2c(cc1OCc1ccccc1)C(C1(c3ccccc3Br)CCC1)=NCC2. The summed E-state index contributed by atoms with van der Waals surface area (Å²) >= 11 is 3.80. The van der Waals surface area contributed by atoms with Gasteiger partial charge >= 0.3 is 0 Å². The molecule has 0 amide bonds. The van der Waals surface area contributed by atoms with Crippen LogP contribution in [-0.2, 0) is 18.4 Å². The maximum Gasteiger partial charge on any atom is 0.162 e. The molecule has 1 aliphatic heterocycles. The van der Waals surface area contributed by atoms with Crippen LogP contribution in [0.3, 0.4) is 0 Å². The van der Waals surface area contributed by atoms with Gasteiger partial charge < -0.3 is 9.47 Å². The van der Waals surface area contributed by atoms with Gasteiger partial charge in [0.2, 0.25) is 0 Å². The fourth-order valence-electron chi connectivity index (χ4n) is 4.83. The minimum atomic E-state index is -0.0272. The molecular formula is C27H26BrNO2. The summed E-state index contributed by atoms with van der Waals surface area (Å²) in [7, 11) is 1.71. The highest BCUT2D eigenvalue weighted by Gasteiger charge is 2.46. The van der Waals surface area contributed by atoms with E-state index in [0.29, 0.717) is 6.61 Å². The summed E-state index contributed by atoms with van der Waals surface area (Å²) in [6.07, 6.45) is 4.41. The highest BCUT2D eigenvalue weighted by atomic mass is 79.9. The van der Waals surface area contributed by atoms with Crippen LogP contribution in [0.4, 0.5) is 0 Å². The van der Waals surface area contributed by atoms with Crippen molar-refractivity contribution < 1.29 is 9.47 Å². The van der Waals surface area contributed by atoms with Gasteiger partial charge in [0, 0.05) is 22.0 Å². The summed E-state index contributed by atoms with van der Waals surface area (Å²) < 4.78 is 13.1. The van der Waals surface area contributed by atoms with Crippen molar-refractivity contribution >= 4 is 21.6 Å². The van der Waals surface area contributed by atoms with Crippen LogP contribution in [0.5, 0.6) is 11.5 Å². The topological polar surface area (TPSA) is 30.8 Å². The van der Waals surface area contributed by atoms with Crippen LogP contribution in [0.2, 0.25) is 0 Å². The lowest BCUT2D eigenvalue weighted by Crippen LogP contribution is -2.44. The third-order valence-corrected chi connectivity index (χ3v) is 7.27. The number of methoxy groups -OCH3 is 1. The summed E-state index contributed by atoms with van der Waals surface area (Å²) in [5.41, 5.74) is 6.17. The zero-order valence-corrected chi connectivity index (χ0v) is 19.3. The second-order valence-corrected chi connectivity index (χ2v) is 9.18. The van der Waals surface area contributed by atoms with Crippen molar-refractivity contribution in [1.29, 1.82) is 0 Å². The number of hydrogen-bond acceptors (Lipinski definition) is 3. The van der Waals surface area contributed by atoms with Crippen molar-refractivity contribution in [2.45, 2.75) is 37.7 Å². The highest BCUT2D eigenvalue weighted by molar-refractivity contribution is 9.10. The van der Waals surface area contributed by atoms with Gasteiger partial charge in [0.05, 0.1) is 12.8 Å². The molecule has 0 aromatic heterocycles. The number of ether oxygens (including phenoxy) is 2. The van der Waals surface area contributed by atoms with Gasteiger partial charge in [-0.15, -0.1) is 0 Å². The average molecular weight is 476 g/mol. The largest absolute Gasteiger partial charge is 0.493 e. The fourth-order valence-corrected chi connectivity index (χ4v) is 5.50. The molecule has 4 heteroatoms. The first kappa shape index (κ1) is 20.3. The zero-order valence-electron chi connectivity index (χ0n) is 17.7. The first-order valence-corrected chi connectivity index (χ1v) is 11.7. The van der Waals surface area contributed by atoms with Crippen LogP contribution >= 0.6 is 15.9 Å².